The number of methoxy groups -OCH3 is 2. The van der Waals surface area contributed by atoms with Crippen molar-refractivity contribution in [2.75, 3.05) is 19.5 Å². The minimum atomic E-state index is -5.08. The summed E-state index contributed by atoms with van der Waals surface area (Å²) in [6.45, 7) is 0. The Bertz CT molecular complexity index is 4450. The molecule has 2 aromatic carbocycles. The molecule has 574 valence electrons. The number of rotatable bonds is 11. The molecule has 3 fully saturated rings. The van der Waals surface area contributed by atoms with E-state index in [4.69, 9.17) is 15.0 Å². The third-order valence-corrected chi connectivity index (χ3v) is 15.1. The molecule has 22 nitrogen and oxygen atoms in total. The van der Waals surface area contributed by atoms with E-state index in [1.165, 1.54) is 57.0 Å². The Morgan fingerprint density at radius 1 is 0.556 bits per heavy atom. The summed E-state index contributed by atoms with van der Waals surface area (Å²) in [7, 11) is 2.50. The third-order valence-electron chi connectivity index (χ3n) is 15.1. The molecule has 1 aliphatic heterocycles. The number of hydrogen-bond acceptors (Lipinski definition) is 16. The van der Waals surface area contributed by atoms with Crippen LogP contribution in [0.1, 0.15) is 121 Å². The maximum Gasteiger partial charge on any atom is 1.00 e. The Labute approximate surface area is 608 Å². The summed E-state index contributed by atoms with van der Waals surface area (Å²) >= 11 is 0. The molecule has 2 amide bonds. The molecule has 0 saturated heterocycles. The number of carbonyl (C=O) groups excluding carboxylic acids is 5. The topological polar surface area (TPSA) is 357 Å². The summed E-state index contributed by atoms with van der Waals surface area (Å²) in [5.41, 5.74) is 3.95. The van der Waals surface area contributed by atoms with Gasteiger partial charge in [-0.25, -0.2) is 15.0 Å². The van der Waals surface area contributed by atoms with Crippen molar-refractivity contribution in [3.05, 3.63) is 208 Å². The molecule has 8 aromatic rings. The number of benzene rings is 2. The molecule has 108 heavy (non-hydrogen) atoms. The molecule has 0 bridgehead atoms. The molecule has 8 N–H and O–H groups in total. The normalized spacial score (nSPS) is 17.2. The monoisotopic (exact) mass is 1540 g/mol. The van der Waals surface area contributed by atoms with Crippen molar-refractivity contribution in [2.45, 2.75) is 81.5 Å². The first-order chi connectivity index (χ1) is 48.5. The van der Waals surface area contributed by atoms with E-state index in [9.17, 15) is 108 Å². The zero-order valence-corrected chi connectivity index (χ0v) is 54.6. The number of halogens is 18. The number of nitrogens with zero attached hydrogens (tertiary/aromatic N) is 6. The summed E-state index contributed by atoms with van der Waals surface area (Å²) < 4.78 is 224. The van der Waals surface area contributed by atoms with Crippen molar-refractivity contribution in [1.29, 1.82) is 0 Å². The molecule has 12 rings (SSSR count). The number of H-pyrrole nitrogens is 1. The van der Waals surface area contributed by atoms with Gasteiger partial charge in [0.05, 0.1) is 43.5 Å². The van der Waals surface area contributed by atoms with Crippen LogP contribution in [0.3, 0.4) is 0 Å². The average Bonchev–Trinajstić information content (AvgIpc) is 1.60. The second-order valence-corrected chi connectivity index (χ2v) is 22.3. The van der Waals surface area contributed by atoms with E-state index < -0.39 is 101 Å². The number of aromatic amines is 1. The summed E-state index contributed by atoms with van der Waals surface area (Å²) in [5, 5.41) is 23.4. The van der Waals surface area contributed by atoms with Gasteiger partial charge in [-0.15, -0.1) is 0 Å². The largest absolute Gasteiger partial charge is 1.00 e. The zero-order chi connectivity index (χ0) is 77.0. The van der Waals surface area contributed by atoms with Gasteiger partial charge >= 0.3 is 79.8 Å². The number of hydrazone groups is 1. The van der Waals surface area contributed by atoms with Gasteiger partial charge in [0.1, 0.15) is 28.5 Å². The van der Waals surface area contributed by atoms with E-state index in [1.807, 2.05) is 30.3 Å². The van der Waals surface area contributed by atoms with E-state index in [-0.39, 0.29) is 78.4 Å². The van der Waals surface area contributed by atoms with Crippen molar-refractivity contribution >= 4 is 70.9 Å². The predicted molar refractivity (Wildman–Crippen MR) is 338 cm³/mol. The number of esters is 2. The third kappa shape index (κ3) is 25.3. The van der Waals surface area contributed by atoms with E-state index in [0.717, 1.165) is 77.9 Å². The second kappa shape index (κ2) is 37.4. The maximum absolute atomic E-state index is 12.9. The molecule has 7 heterocycles. The van der Waals surface area contributed by atoms with Gasteiger partial charge in [0, 0.05) is 70.7 Å². The van der Waals surface area contributed by atoms with Crippen LogP contribution >= 0.6 is 0 Å². The van der Waals surface area contributed by atoms with Gasteiger partial charge in [-0.3, -0.25) is 48.9 Å². The standard InChI is InChI=1S/C26H18F3N5O2.C11H10F3NO2.2C10H8F3NO2.C7H4F3NO.C2HF3O2.CH4.Li.2H2O/c27-26(28,29)21-7-6-14(11-30-21)16-10-17(16)24(35)32-15-8-18-22-19(12-31-34-25(18)36)23(33-20(22)9-15)13-4-2-1-3-5-13;1-17-10(16)8-4-7(8)6-2-3-9(15-5-6)11(12,13)14;11-10(12,13)8-2-1-5(4-14-8)6-3-7(6)9(15)16;1-16-9(15)5-3-7-2-4-8(14-6-7)10(11,12)13;8-7(9,10)6-2-1-5(4-12)3-11-6;3-2(4,5)1(6)7;;;;/h1-9,11-12,16-17,33H,10H2,(H,32,35)(H,34,36);2-3,5,7-8H,4H2,1H3;1-2,4,6-7H,3H2,(H,15,16);2-6H,1H3;1-4H;(H,6,7);1H4;;2*1H2/q;;;;;;;+1;;/p-1/b;;;5-3+;;;;;;. The summed E-state index contributed by atoms with van der Waals surface area (Å²) in [5.74, 6) is -6.80. The smallest absolute Gasteiger partial charge is 0.870 e. The van der Waals surface area contributed by atoms with E-state index in [0.29, 0.717) is 70.0 Å². The number of carboxylic acids is 2. The van der Waals surface area contributed by atoms with Crippen LogP contribution in [0.4, 0.5) is 84.7 Å². The number of amides is 2. The maximum atomic E-state index is 12.9. The Hall–Kier alpha value is -11.1. The molecule has 3 saturated carbocycles. The van der Waals surface area contributed by atoms with Crippen LogP contribution < -0.4 is 29.6 Å². The van der Waals surface area contributed by atoms with Crippen molar-refractivity contribution in [3.8, 4) is 11.3 Å². The fourth-order valence-corrected chi connectivity index (χ4v) is 9.61. The molecule has 0 spiro atoms. The van der Waals surface area contributed by atoms with Gasteiger partial charge in [-0.2, -0.15) is 84.1 Å². The predicted octanol–water partition coefficient (Wildman–Crippen LogP) is 11.2. The Balaban J connectivity index is 0.000000360. The molecule has 4 aliphatic rings. The molecule has 6 unspecified atom stereocenters. The van der Waals surface area contributed by atoms with E-state index >= 15 is 0 Å². The summed E-state index contributed by atoms with van der Waals surface area (Å²) in [6.07, 6.45) is -15.9. The number of alkyl halides is 18. The first kappa shape index (κ1) is 91.1. The Morgan fingerprint density at radius 2 is 0.963 bits per heavy atom. The number of carboxylic acid groups (broad SMARTS) is 2. The fourth-order valence-electron chi connectivity index (χ4n) is 9.61. The van der Waals surface area contributed by atoms with E-state index in [2.05, 4.69) is 55.2 Å². The van der Waals surface area contributed by atoms with Crippen LogP contribution in [0.25, 0.3) is 28.2 Å². The van der Waals surface area contributed by atoms with Gasteiger partial charge in [-0.1, -0.05) is 62.0 Å². The number of aliphatic carboxylic acids is 2. The van der Waals surface area contributed by atoms with Crippen LogP contribution in [0.15, 0.2) is 145 Å². The number of nitrogens with one attached hydrogen (secondary N) is 3. The number of anilines is 1. The minimum absolute atomic E-state index is 0. The molecule has 41 heteroatoms. The van der Waals surface area contributed by atoms with Gasteiger partial charge in [0.15, 0.2) is 6.29 Å². The number of carbonyl (C=O) groups is 7. The van der Waals surface area contributed by atoms with Crippen molar-refractivity contribution < 1.29 is 162 Å². The number of hydrogen-bond donors (Lipinski definition) is 5. The van der Waals surface area contributed by atoms with Gasteiger partial charge in [0.2, 0.25) is 5.91 Å². The van der Waals surface area contributed by atoms with Crippen LogP contribution in [-0.4, -0.2) is 120 Å². The summed E-state index contributed by atoms with van der Waals surface area (Å²) in [6, 6.07) is 23.7. The summed E-state index contributed by atoms with van der Waals surface area (Å²) in [4.78, 5) is 96.8. The molecule has 3 aliphatic carbocycles. The van der Waals surface area contributed by atoms with Crippen LogP contribution in [0.2, 0.25) is 0 Å². The number of aldehydes is 1. The molecule has 0 radical (unpaired) electrons. The Morgan fingerprint density at radius 3 is 1.33 bits per heavy atom. The quantitative estimate of drug-likeness (QED) is 0.0264. The number of ether oxygens (including phenoxy) is 2. The minimum Gasteiger partial charge on any atom is -0.870 e. The van der Waals surface area contributed by atoms with Crippen LogP contribution in [0, 0.1) is 17.8 Å². The van der Waals surface area contributed by atoms with Crippen molar-refractivity contribution in [2.24, 2.45) is 22.9 Å². The van der Waals surface area contributed by atoms with Crippen LogP contribution in [-0.2, 0) is 64.3 Å². The van der Waals surface area contributed by atoms with Gasteiger partial charge < -0.3 is 40.9 Å². The molecular weight excluding hydrogens is 1490 g/mol. The second-order valence-electron chi connectivity index (χ2n) is 22.3. The van der Waals surface area contributed by atoms with Crippen LogP contribution in [0.5, 0.6) is 0 Å². The molecular formula is C67H56F18LiN9O13. The zero-order valence-electron chi connectivity index (χ0n) is 54.6. The van der Waals surface area contributed by atoms with Crippen molar-refractivity contribution in [1.82, 2.24) is 35.3 Å². The van der Waals surface area contributed by atoms with E-state index in [1.54, 1.807) is 18.3 Å². The molecule has 6 atom stereocenters. The molecule has 6 aromatic heterocycles. The average molecular weight is 1540 g/mol. The first-order valence-electron chi connectivity index (χ1n) is 29.4. The Kier molecular flexibility index (Phi) is 31.6. The SMILES string of the molecule is C.COC(=O)/C=C/c1ccc(C(F)(F)F)nc1.COC(=O)C1CC1c1ccc(C(F)(F)F)nc1.O.O=C(O)C(F)(F)F.O=C(O)C1CC1c1ccc(C(F)(F)F)nc1.O=C1NN=Cc2c(-c3ccccc3)[nH]c3cc(NC(=O)C4CC4c4ccc(C(F)(F)F)nc4)cc1c23.O=Cc1ccc(C(F)(F)F)nc1.[Li+].[OH-]. The van der Waals surface area contributed by atoms with Gasteiger partial charge in [-0.05, 0) is 119 Å². The number of aromatic nitrogens is 6. The first-order valence-corrected chi connectivity index (χ1v) is 29.4. The fraction of sp³-hybridized carbons (Fsp3) is 0.269. The van der Waals surface area contributed by atoms with Crippen molar-refractivity contribution in [3.63, 3.8) is 0 Å². The number of pyridine rings is 5. The van der Waals surface area contributed by atoms with Gasteiger partial charge in [0.25, 0.3) is 5.91 Å².